The van der Waals surface area contributed by atoms with Gasteiger partial charge in [-0.25, -0.2) is 4.79 Å². The van der Waals surface area contributed by atoms with E-state index in [1.54, 1.807) is 48.5 Å². The fraction of sp³-hybridized carbons (Fsp3) is 0.381. The first-order valence-electron chi connectivity index (χ1n) is 8.73. The zero-order valence-corrected chi connectivity index (χ0v) is 17.3. The number of likely N-dealkylation sites (N-methyl/N-ethyl adjacent to an activating group) is 1. The first-order valence-corrected chi connectivity index (χ1v) is 10.3. The molecule has 0 bridgehead atoms. The Morgan fingerprint density at radius 3 is 1.77 bits per heavy atom. The van der Waals surface area contributed by atoms with Crippen LogP contribution in [0, 0.1) is 0 Å². The maximum atomic E-state index is 12.7. The molecule has 0 amide bonds. The average molecular weight is 422 g/mol. The van der Waals surface area contributed by atoms with E-state index in [-0.39, 0.29) is 6.61 Å². The van der Waals surface area contributed by atoms with Gasteiger partial charge in [0.05, 0.1) is 0 Å². The SMILES string of the molecule is CBr.CCN(CC)CCOC(=O)C(O)(c1ccccc1)c1ccccc1. The van der Waals surface area contributed by atoms with Crippen molar-refractivity contribution in [2.75, 3.05) is 32.1 Å². The number of halogens is 1. The highest BCUT2D eigenvalue weighted by Crippen LogP contribution is 2.30. The molecule has 0 saturated heterocycles. The molecular weight excluding hydrogens is 394 g/mol. The number of alkyl halides is 1. The second kappa shape index (κ2) is 11.8. The highest BCUT2D eigenvalue weighted by molar-refractivity contribution is 9.08. The Kier molecular flexibility index (Phi) is 10.2. The molecule has 0 atom stereocenters. The van der Waals surface area contributed by atoms with Gasteiger partial charge < -0.3 is 14.7 Å². The molecule has 142 valence electrons. The van der Waals surface area contributed by atoms with Crippen LogP contribution in [0.25, 0.3) is 0 Å². The van der Waals surface area contributed by atoms with Gasteiger partial charge in [-0.1, -0.05) is 90.4 Å². The molecule has 2 aromatic carbocycles. The first kappa shape index (κ1) is 22.4. The van der Waals surface area contributed by atoms with E-state index in [9.17, 15) is 9.90 Å². The Balaban J connectivity index is 0.00000163. The third kappa shape index (κ3) is 5.66. The lowest BCUT2D eigenvalue weighted by atomic mass is 9.86. The van der Waals surface area contributed by atoms with Gasteiger partial charge in [0.25, 0.3) is 0 Å². The summed E-state index contributed by atoms with van der Waals surface area (Å²) in [5, 5.41) is 11.2. The number of hydrogen-bond donors (Lipinski definition) is 1. The van der Waals surface area contributed by atoms with Crippen LogP contribution < -0.4 is 0 Å². The van der Waals surface area contributed by atoms with E-state index in [0.29, 0.717) is 17.7 Å². The molecule has 0 fully saturated rings. The molecule has 0 spiro atoms. The molecule has 26 heavy (non-hydrogen) atoms. The Morgan fingerprint density at radius 1 is 0.962 bits per heavy atom. The average Bonchev–Trinajstić information content (AvgIpc) is 2.73. The van der Waals surface area contributed by atoms with Crippen molar-refractivity contribution >= 4 is 21.9 Å². The van der Waals surface area contributed by atoms with Crippen molar-refractivity contribution in [2.24, 2.45) is 0 Å². The summed E-state index contributed by atoms with van der Waals surface area (Å²) >= 11 is 2.94. The van der Waals surface area contributed by atoms with Crippen LogP contribution in [0.4, 0.5) is 0 Å². The molecule has 0 saturated carbocycles. The van der Waals surface area contributed by atoms with E-state index in [0.717, 1.165) is 13.1 Å². The highest BCUT2D eigenvalue weighted by atomic mass is 79.9. The minimum atomic E-state index is -1.80. The smallest absolute Gasteiger partial charge is 0.347 e. The van der Waals surface area contributed by atoms with E-state index >= 15 is 0 Å². The van der Waals surface area contributed by atoms with Gasteiger partial charge in [-0.3, -0.25) is 0 Å². The maximum Gasteiger partial charge on any atom is 0.347 e. The van der Waals surface area contributed by atoms with Crippen LogP contribution in [0.2, 0.25) is 0 Å². The van der Waals surface area contributed by atoms with E-state index in [4.69, 9.17) is 4.74 Å². The predicted octanol–water partition coefficient (Wildman–Crippen LogP) is 3.82. The third-order valence-corrected chi connectivity index (χ3v) is 4.21. The van der Waals surface area contributed by atoms with Crippen molar-refractivity contribution in [2.45, 2.75) is 19.4 Å². The summed E-state index contributed by atoms with van der Waals surface area (Å²) in [6, 6.07) is 17.8. The van der Waals surface area contributed by atoms with Gasteiger partial charge in [0.2, 0.25) is 5.60 Å². The van der Waals surface area contributed by atoms with E-state index in [1.807, 2.05) is 18.0 Å². The van der Waals surface area contributed by atoms with Crippen molar-refractivity contribution < 1.29 is 14.6 Å². The monoisotopic (exact) mass is 421 g/mol. The Labute approximate surface area is 164 Å². The van der Waals surface area contributed by atoms with Crippen molar-refractivity contribution in [1.82, 2.24) is 4.90 Å². The van der Waals surface area contributed by atoms with Crippen molar-refractivity contribution in [3.63, 3.8) is 0 Å². The van der Waals surface area contributed by atoms with Gasteiger partial charge in [-0.05, 0) is 30.0 Å². The summed E-state index contributed by atoms with van der Waals surface area (Å²) in [5.74, 6) is 1.17. The summed E-state index contributed by atoms with van der Waals surface area (Å²) in [4.78, 5) is 14.9. The van der Waals surface area contributed by atoms with E-state index < -0.39 is 11.6 Å². The lowest BCUT2D eigenvalue weighted by Gasteiger charge is -2.27. The molecule has 1 N–H and O–H groups in total. The van der Waals surface area contributed by atoms with Crippen LogP contribution in [0.5, 0.6) is 0 Å². The second-order valence-electron chi connectivity index (χ2n) is 5.61. The number of rotatable bonds is 8. The van der Waals surface area contributed by atoms with Crippen molar-refractivity contribution in [3.8, 4) is 0 Å². The Hall–Kier alpha value is -1.69. The summed E-state index contributed by atoms with van der Waals surface area (Å²) in [6.07, 6.45) is 0. The molecule has 0 radical (unpaired) electrons. The summed E-state index contributed by atoms with van der Waals surface area (Å²) in [6.45, 7) is 6.83. The fourth-order valence-corrected chi connectivity index (χ4v) is 2.67. The quantitative estimate of drug-likeness (QED) is 0.519. The molecule has 0 aliphatic rings. The van der Waals surface area contributed by atoms with E-state index in [2.05, 4.69) is 34.7 Å². The topological polar surface area (TPSA) is 49.8 Å². The largest absolute Gasteiger partial charge is 0.462 e. The molecule has 4 nitrogen and oxygen atoms in total. The number of aliphatic hydroxyl groups is 1. The van der Waals surface area contributed by atoms with Crippen LogP contribution in [0.15, 0.2) is 60.7 Å². The number of hydrogen-bond acceptors (Lipinski definition) is 4. The van der Waals surface area contributed by atoms with Crippen LogP contribution in [-0.2, 0) is 15.1 Å². The van der Waals surface area contributed by atoms with Crippen LogP contribution >= 0.6 is 15.9 Å². The van der Waals surface area contributed by atoms with E-state index in [1.165, 1.54) is 0 Å². The van der Waals surface area contributed by atoms with Crippen molar-refractivity contribution in [3.05, 3.63) is 71.8 Å². The van der Waals surface area contributed by atoms with Gasteiger partial charge in [0, 0.05) is 6.54 Å². The standard InChI is InChI=1S/C20H25NO3.CH3Br/c1-3-21(4-2)15-16-24-19(22)20(23,17-11-7-5-8-12-17)18-13-9-6-10-14-18;1-2/h5-14,23H,3-4,15-16H2,1-2H3;1H3. The van der Waals surface area contributed by atoms with Crippen LogP contribution in [0.1, 0.15) is 25.0 Å². The minimum Gasteiger partial charge on any atom is -0.462 e. The van der Waals surface area contributed by atoms with Gasteiger partial charge >= 0.3 is 5.97 Å². The molecule has 0 unspecified atom stereocenters. The fourth-order valence-electron chi connectivity index (χ4n) is 2.67. The zero-order valence-electron chi connectivity index (χ0n) is 15.7. The third-order valence-electron chi connectivity index (χ3n) is 4.21. The van der Waals surface area contributed by atoms with Crippen LogP contribution in [0.3, 0.4) is 0 Å². The summed E-state index contributed by atoms with van der Waals surface area (Å²) in [5.41, 5.74) is -0.792. The molecule has 2 rings (SSSR count). The van der Waals surface area contributed by atoms with Gasteiger partial charge in [0.15, 0.2) is 0 Å². The number of nitrogens with zero attached hydrogens (tertiary/aromatic N) is 1. The Morgan fingerprint density at radius 2 is 1.38 bits per heavy atom. The number of carbonyl (C=O) groups excluding carboxylic acids is 1. The molecular formula is C21H28BrNO3. The number of benzene rings is 2. The molecule has 2 aromatic rings. The highest BCUT2D eigenvalue weighted by Gasteiger charge is 2.41. The molecule has 0 aliphatic carbocycles. The molecule has 0 heterocycles. The van der Waals surface area contributed by atoms with Crippen molar-refractivity contribution in [1.29, 1.82) is 0 Å². The maximum absolute atomic E-state index is 12.7. The minimum absolute atomic E-state index is 0.252. The predicted molar refractivity (Wildman–Crippen MR) is 109 cm³/mol. The molecule has 5 heteroatoms. The van der Waals surface area contributed by atoms with Gasteiger partial charge in [-0.15, -0.1) is 0 Å². The lowest BCUT2D eigenvalue weighted by Crippen LogP contribution is -2.40. The normalized spacial score (nSPS) is 10.8. The summed E-state index contributed by atoms with van der Waals surface area (Å²) in [7, 11) is 0. The number of ether oxygens (including phenoxy) is 1. The van der Waals surface area contributed by atoms with Crippen LogP contribution in [-0.4, -0.2) is 48.0 Å². The lowest BCUT2D eigenvalue weighted by molar-refractivity contribution is -0.162. The second-order valence-corrected chi connectivity index (χ2v) is 5.61. The van der Waals surface area contributed by atoms with Gasteiger partial charge in [0.1, 0.15) is 6.61 Å². The zero-order chi connectivity index (χ0) is 19.4. The molecule has 0 aromatic heterocycles. The number of carbonyl (C=O) groups is 1. The van der Waals surface area contributed by atoms with Gasteiger partial charge in [-0.2, -0.15) is 0 Å². The molecule has 0 aliphatic heterocycles. The summed E-state index contributed by atoms with van der Waals surface area (Å²) < 4.78 is 5.42. The Bertz CT molecular complexity index is 591. The first-order chi connectivity index (χ1) is 12.6. The number of esters is 1.